The first-order chi connectivity index (χ1) is 26.9. The summed E-state index contributed by atoms with van der Waals surface area (Å²) in [7, 11) is -1.98. The zero-order valence-electron chi connectivity index (χ0n) is 32.4. The molecule has 0 heterocycles. The third-order valence-corrected chi connectivity index (χ3v) is 9.81. The minimum absolute atomic E-state index is 0.185. The van der Waals surface area contributed by atoms with E-state index in [9.17, 15) is 22.8 Å². The molecule has 0 aromatic heterocycles. The molecule has 0 aliphatic heterocycles. The normalized spacial score (nSPS) is 12.9. The lowest BCUT2D eigenvalue weighted by Crippen LogP contribution is -2.48. The van der Waals surface area contributed by atoms with Crippen LogP contribution < -0.4 is 20.1 Å². The minimum atomic E-state index is -1.78. The van der Waals surface area contributed by atoms with Gasteiger partial charge in [-0.25, -0.2) is 27.5 Å². The molecule has 15 nitrogen and oxygen atoms in total. The van der Waals surface area contributed by atoms with Gasteiger partial charge in [-0.2, -0.15) is 0 Å². The Balaban J connectivity index is 1.22. The molecule has 0 spiro atoms. The second kappa shape index (κ2) is 25.8. The Hall–Kier alpha value is -4.23. The van der Waals surface area contributed by atoms with E-state index in [4.69, 9.17) is 28.4 Å². The maximum atomic E-state index is 13.0. The van der Waals surface area contributed by atoms with Crippen molar-refractivity contribution in [1.29, 1.82) is 0 Å². The van der Waals surface area contributed by atoms with Gasteiger partial charge in [-0.3, -0.25) is 4.79 Å². The van der Waals surface area contributed by atoms with Crippen LogP contribution in [0.4, 0.5) is 9.59 Å². The zero-order valence-corrected chi connectivity index (χ0v) is 34.0. The average Bonchev–Trinajstić information content (AvgIpc) is 3.19. The molecular formula is C39H54N4O11S2. The molecule has 0 bridgehead atoms. The number of alkyl carbamates (subject to hydrolysis) is 2. The summed E-state index contributed by atoms with van der Waals surface area (Å²) >= 11 is 0. The maximum absolute atomic E-state index is 13.0. The van der Waals surface area contributed by atoms with E-state index in [2.05, 4.69) is 20.1 Å². The third kappa shape index (κ3) is 19.1. The van der Waals surface area contributed by atoms with Crippen LogP contribution in [0.5, 0.6) is 0 Å². The highest BCUT2D eigenvalue weighted by Crippen LogP contribution is 2.22. The molecule has 17 heteroatoms. The lowest BCUT2D eigenvalue weighted by atomic mass is 10.1. The fourth-order valence-electron chi connectivity index (χ4n) is 4.66. The van der Waals surface area contributed by atoms with Crippen LogP contribution in [0.15, 0.2) is 88.7 Å². The molecule has 0 aliphatic carbocycles. The fraction of sp³-hybridized carbons (Fsp3) is 0.462. The Morgan fingerprint density at radius 3 is 1.75 bits per heavy atom. The van der Waals surface area contributed by atoms with Gasteiger partial charge in [0.25, 0.3) is 0 Å². The maximum Gasteiger partial charge on any atom is 0.407 e. The Bertz CT molecular complexity index is 1660. The molecular weight excluding hydrogens is 765 g/mol. The van der Waals surface area contributed by atoms with Crippen LogP contribution in [0.25, 0.3) is 11.1 Å². The highest BCUT2D eigenvalue weighted by molar-refractivity contribution is 7.83. The molecule has 3 rings (SSSR count). The van der Waals surface area contributed by atoms with Gasteiger partial charge in [0.1, 0.15) is 40.2 Å². The number of carbonyl (C=O) groups is 3. The van der Waals surface area contributed by atoms with Crippen molar-refractivity contribution in [2.45, 2.75) is 61.7 Å². The van der Waals surface area contributed by atoms with Crippen LogP contribution in [0.2, 0.25) is 0 Å². The van der Waals surface area contributed by atoms with Crippen molar-refractivity contribution in [2.75, 3.05) is 66.4 Å². The standard InChI is InChI=1S/C39H54N4O11S2/c1-39(2,3)54-38(46)41-28-35(36(44)49-4)43-56(48)34-18-14-32(15-19-34)31-12-16-33(17-13-31)55(47)42-21-9-23-51-25-27-52-26-24-50-22-8-20-40-37(45)53-29-30-10-6-5-7-11-30/h5-7,10-19,35,42-43H,8-9,20-29H2,1-4H3,(H,40,45)(H,41,46). The van der Waals surface area contributed by atoms with E-state index in [1.807, 2.05) is 42.5 Å². The lowest BCUT2D eigenvalue weighted by molar-refractivity contribution is -0.142. The SMILES string of the molecule is COC(=O)C(CNC(=O)OC(C)(C)C)NS(=O)c1ccc(-c2ccc(S(=O)NCCCOCCOCCOCCCNC(=O)OCc3ccccc3)cc2)cc1. The number of hydrogen-bond donors (Lipinski definition) is 4. The summed E-state index contributed by atoms with van der Waals surface area (Å²) < 4.78 is 63.2. The van der Waals surface area contributed by atoms with E-state index >= 15 is 0 Å². The molecule has 0 radical (unpaired) electrons. The summed E-state index contributed by atoms with van der Waals surface area (Å²) in [5, 5.41) is 5.18. The van der Waals surface area contributed by atoms with Crippen LogP contribution >= 0.6 is 0 Å². The summed E-state index contributed by atoms with van der Waals surface area (Å²) in [6, 6.07) is 22.6. The molecule has 0 saturated carbocycles. The molecule has 4 N–H and O–H groups in total. The number of hydrogen-bond acceptors (Lipinski definition) is 11. The second-order valence-electron chi connectivity index (χ2n) is 13.1. The number of nitrogens with one attached hydrogen (secondary N) is 4. The molecule has 0 aliphatic rings. The molecule has 3 atom stereocenters. The number of carbonyl (C=O) groups excluding carboxylic acids is 3. The van der Waals surface area contributed by atoms with Crippen LogP contribution in [0.1, 0.15) is 39.2 Å². The Morgan fingerprint density at radius 2 is 1.20 bits per heavy atom. The number of methoxy groups -OCH3 is 1. The van der Waals surface area contributed by atoms with Gasteiger partial charge < -0.3 is 39.1 Å². The van der Waals surface area contributed by atoms with Crippen LogP contribution in [-0.2, 0) is 61.8 Å². The summed E-state index contributed by atoms with van der Waals surface area (Å²) in [6.45, 7) is 8.92. The van der Waals surface area contributed by atoms with E-state index in [1.165, 1.54) is 7.11 Å². The number of ether oxygens (including phenoxy) is 6. The molecule has 3 aromatic carbocycles. The van der Waals surface area contributed by atoms with E-state index in [-0.39, 0.29) is 13.2 Å². The summed E-state index contributed by atoms with van der Waals surface area (Å²) in [5.74, 6) is -0.689. The first kappa shape index (κ1) is 46.2. The number of benzene rings is 3. The number of amides is 2. The van der Waals surface area contributed by atoms with Crippen molar-refractivity contribution >= 4 is 40.1 Å². The highest BCUT2D eigenvalue weighted by Gasteiger charge is 2.24. The molecule has 0 fully saturated rings. The minimum Gasteiger partial charge on any atom is -0.468 e. The third-order valence-electron chi connectivity index (χ3n) is 7.44. The van der Waals surface area contributed by atoms with Crippen LogP contribution in [-0.4, -0.2) is 105 Å². The van der Waals surface area contributed by atoms with Crippen molar-refractivity contribution in [3.8, 4) is 11.1 Å². The van der Waals surface area contributed by atoms with Crippen LogP contribution in [0, 0.1) is 0 Å². The van der Waals surface area contributed by atoms with Gasteiger partial charge in [-0.05, 0) is 74.6 Å². The van der Waals surface area contributed by atoms with Gasteiger partial charge in [0.05, 0.1) is 43.3 Å². The quantitative estimate of drug-likeness (QED) is 0.0539. The van der Waals surface area contributed by atoms with Gasteiger partial charge in [0.2, 0.25) is 0 Å². The zero-order chi connectivity index (χ0) is 40.6. The van der Waals surface area contributed by atoms with E-state index < -0.39 is 51.8 Å². The van der Waals surface area contributed by atoms with Gasteiger partial charge in [-0.15, -0.1) is 0 Å². The molecule has 0 saturated heterocycles. The second-order valence-corrected chi connectivity index (χ2v) is 15.6. The van der Waals surface area contributed by atoms with E-state index in [0.29, 0.717) is 75.4 Å². The van der Waals surface area contributed by atoms with Crippen molar-refractivity contribution in [2.24, 2.45) is 0 Å². The molecule has 308 valence electrons. The predicted octanol–water partition coefficient (Wildman–Crippen LogP) is 4.40. The Kier molecular flexibility index (Phi) is 21.3. The monoisotopic (exact) mass is 818 g/mol. The van der Waals surface area contributed by atoms with Crippen molar-refractivity contribution in [3.63, 3.8) is 0 Å². The Morgan fingerprint density at radius 1 is 0.661 bits per heavy atom. The average molecular weight is 819 g/mol. The lowest BCUT2D eigenvalue weighted by Gasteiger charge is -2.21. The van der Waals surface area contributed by atoms with E-state index in [0.717, 1.165) is 16.7 Å². The predicted molar refractivity (Wildman–Crippen MR) is 212 cm³/mol. The first-order valence-corrected chi connectivity index (χ1v) is 20.5. The molecule has 3 aromatic rings. The van der Waals surface area contributed by atoms with E-state index in [1.54, 1.807) is 57.2 Å². The molecule has 56 heavy (non-hydrogen) atoms. The van der Waals surface area contributed by atoms with Crippen molar-refractivity contribution in [1.82, 2.24) is 20.1 Å². The fourth-order valence-corrected chi connectivity index (χ4v) is 6.49. The van der Waals surface area contributed by atoms with Gasteiger partial charge >= 0.3 is 18.2 Å². The summed E-state index contributed by atoms with van der Waals surface area (Å²) in [6.07, 6.45) is 0.168. The highest BCUT2D eigenvalue weighted by atomic mass is 32.2. The number of rotatable bonds is 25. The van der Waals surface area contributed by atoms with Crippen LogP contribution in [0.3, 0.4) is 0 Å². The largest absolute Gasteiger partial charge is 0.468 e. The first-order valence-electron chi connectivity index (χ1n) is 18.2. The summed E-state index contributed by atoms with van der Waals surface area (Å²) in [4.78, 5) is 37.0. The van der Waals surface area contributed by atoms with Crippen molar-refractivity contribution < 1.29 is 51.2 Å². The molecule has 2 amide bonds. The van der Waals surface area contributed by atoms with Gasteiger partial charge in [0.15, 0.2) is 0 Å². The van der Waals surface area contributed by atoms with Crippen molar-refractivity contribution in [3.05, 3.63) is 84.4 Å². The topological polar surface area (TPSA) is 189 Å². The Labute approximate surface area is 334 Å². The summed E-state index contributed by atoms with van der Waals surface area (Å²) in [5.41, 5.74) is 1.94. The smallest absolute Gasteiger partial charge is 0.407 e. The molecule has 3 unspecified atom stereocenters. The van der Waals surface area contributed by atoms with Gasteiger partial charge in [-0.1, -0.05) is 54.6 Å². The number of esters is 1. The van der Waals surface area contributed by atoms with Gasteiger partial charge in [0, 0.05) is 32.8 Å².